The van der Waals surface area contributed by atoms with Crippen molar-refractivity contribution in [3.8, 4) is 5.75 Å². The van der Waals surface area contributed by atoms with Crippen LogP contribution in [0, 0.1) is 13.8 Å². The zero-order valence-corrected chi connectivity index (χ0v) is 13.3. The SMILES string of the molecule is COc1ccc2c(c1)C=CN(Cc1cc(C)cc(C)c1)C2N. The quantitative estimate of drug-likeness (QED) is 0.937. The Kier molecular flexibility index (Phi) is 3.90. The zero-order valence-electron chi connectivity index (χ0n) is 13.3. The summed E-state index contributed by atoms with van der Waals surface area (Å²) in [7, 11) is 1.68. The first-order chi connectivity index (χ1) is 10.6. The van der Waals surface area contributed by atoms with Crippen LogP contribution < -0.4 is 10.5 Å². The van der Waals surface area contributed by atoms with E-state index in [-0.39, 0.29) is 6.17 Å². The Hall–Kier alpha value is -2.26. The highest BCUT2D eigenvalue weighted by Gasteiger charge is 2.20. The topological polar surface area (TPSA) is 38.5 Å². The highest BCUT2D eigenvalue weighted by Crippen LogP contribution is 2.30. The molecule has 0 saturated heterocycles. The number of benzene rings is 2. The van der Waals surface area contributed by atoms with Gasteiger partial charge in [-0.05, 0) is 48.7 Å². The summed E-state index contributed by atoms with van der Waals surface area (Å²) >= 11 is 0. The second kappa shape index (κ2) is 5.85. The fourth-order valence-electron chi connectivity index (χ4n) is 3.06. The summed E-state index contributed by atoms with van der Waals surface area (Å²) in [4.78, 5) is 2.17. The molecule has 1 unspecified atom stereocenters. The number of fused-ring (bicyclic) bond motifs is 1. The molecular formula is C19H22N2O. The number of methoxy groups -OCH3 is 1. The van der Waals surface area contributed by atoms with E-state index >= 15 is 0 Å². The van der Waals surface area contributed by atoms with Gasteiger partial charge in [-0.3, -0.25) is 0 Å². The molecule has 0 bridgehead atoms. The molecule has 1 aliphatic rings. The van der Waals surface area contributed by atoms with Crippen molar-refractivity contribution in [1.82, 2.24) is 4.90 Å². The predicted octanol–water partition coefficient (Wildman–Crippen LogP) is 3.76. The Balaban J connectivity index is 1.85. The maximum absolute atomic E-state index is 6.44. The first kappa shape index (κ1) is 14.7. The van der Waals surface area contributed by atoms with Gasteiger partial charge < -0.3 is 15.4 Å². The zero-order chi connectivity index (χ0) is 15.7. The third-order valence-electron chi connectivity index (χ3n) is 4.06. The number of aryl methyl sites for hydroxylation is 2. The molecule has 0 spiro atoms. The van der Waals surface area contributed by atoms with Gasteiger partial charge >= 0.3 is 0 Å². The summed E-state index contributed by atoms with van der Waals surface area (Å²) in [6, 6.07) is 12.7. The maximum atomic E-state index is 6.44. The maximum Gasteiger partial charge on any atom is 0.119 e. The van der Waals surface area contributed by atoms with Gasteiger partial charge in [0.15, 0.2) is 0 Å². The summed E-state index contributed by atoms with van der Waals surface area (Å²) in [6.45, 7) is 5.07. The average molecular weight is 294 g/mol. The highest BCUT2D eigenvalue weighted by atomic mass is 16.5. The van der Waals surface area contributed by atoms with Crippen LogP contribution in [0.3, 0.4) is 0 Å². The van der Waals surface area contributed by atoms with Gasteiger partial charge in [-0.2, -0.15) is 0 Å². The van der Waals surface area contributed by atoms with E-state index in [0.29, 0.717) is 0 Å². The van der Waals surface area contributed by atoms with Gasteiger partial charge in [0.2, 0.25) is 0 Å². The molecule has 2 aromatic rings. The average Bonchev–Trinajstić information content (AvgIpc) is 2.49. The molecule has 2 aromatic carbocycles. The van der Waals surface area contributed by atoms with Crippen molar-refractivity contribution in [3.05, 3.63) is 70.4 Å². The third-order valence-corrected chi connectivity index (χ3v) is 4.06. The van der Waals surface area contributed by atoms with Crippen molar-refractivity contribution in [3.63, 3.8) is 0 Å². The van der Waals surface area contributed by atoms with Gasteiger partial charge in [0.05, 0.1) is 7.11 Å². The smallest absolute Gasteiger partial charge is 0.119 e. The predicted molar refractivity (Wildman–Crippen MR) is 90.4 cm³/mol. The Labute approximate surface area is 132 Å². The van der Waals surface area contributed by atoms with E-state index in [0.717, 1.165) is 23.4 Å². The van der Waals surface area contributed by atoms with Crippen LogP contribution >= 0.6 is 0 Å². The van der Waals surface area contributed by atoms with Crippen LogP contribution in [0.4, 0.5) is 0 Å². The summed E-state index contributed by atoms with van der Waals surface area (Å²) in [5, 5.41) is 0. The van der Waals surface area contributed by atoms with Crippen LogP contribution in [0.2, 0.25) is 0 Å². The number of rotatable bonds is 3. The molecule has 0 aromatic heterocycles. The number of hydrogen-bond donors (Lipinski definition) is 1. The lowest BCUT2D eigenvalue weighted by atomic mass is 10.00. The number of nitrogens with zero attached hydrogens (tertiary/aromatic N) is 1. The summed E-state index contributed by atoms with van der Waals surface area (Å²) in [5.74, 6) is 0.860. The van der Waals surface area contributed by atoms with Crippen LogP contribution in [0.5, 0.6) is 5.75 Å². The standard InChI is InChI=1S/C19H22N2O/c1-13-8-14(2)10-15(9-13)12-21-7-6-16-11-17(22-3)4-5-18(16)19(21)20/h4-11,19H,12,20H2,1-3H3. The first-order valence-corrected chi connectivity index (χ1v) is 7.51. The molecule has 3 nitrogen and oxygen atoms in total. The molecule has 22 heavy (non-hydrogen) atoms. The fraction of sp³-hybridized carbons (Fsp3) is 0.263. The lowest BCUT2D eigenvalue weighted by Crippen LogP contribution is -2.32. The van der Waals surface area contributed by atoms with Crippen molar-refractivity contribution < 1.29 is 4.74 Å². The van der Waals surface area contributed by atoms with Crippen molar-refractivity contribution in [2.24, 2.45) is 5.73 Å². The largest absolute Gasteiger partial charge is 0.497 e. The molecule has 1 aliphatic heterocycles. The monoisotopic (exact) mass is 294 g/mol. The molecule has 2 N–H and O–H groups in total. The van der Waals surface area contributed by atoms with E-state index in [1.54, 1.807) is 7.11 Å². The second-order valence-corrected chi connectivity index (χ2v) is 5.92. The Morgan fingerprint density at radius 2 is 1.82 bits per heavy atom. The number of hydrogen-bond acceptors (Lipinski definition) is 3. The molecule has 1 heterocycles. The van der Waals surface area contributed by atoms with Crippen LogP contribution in [0.1, 0.15) is 34.0 Å². The Morgan fingerprint density at radius 3 is 2.50 bits per heavy atom. The molecule has 0 amide bonds. The summed E-state index contributed by atoms with van der Waals surface area (Å²) < 4.78 is 5.28. The normalized spacial score (nSPS) is 16.5. The van der Waals surface area contributed by atoms with E-state index in [1.165, 1.54) is 16.7 Å². The van der Waals surface area contributed by atoms with Crippen LogP contribution in [0.15, 0.2) is 42.6 Å². The lowest BCUT2D eigenvalue weighted by molar-refractivity contribution is 0.275. The minimum Gasteiger partial charge on any atom is -0.497 e. The highest BCUT2D eigenvalue weighted by molar-refractivity contribution is 5.59. The fourth-order valence-corrected chi connectivity index (χ4v) is 3.06. The van der Waals surface area contributed by atoms with Crippen LogP contribution in [0.25, 0.3) is 6.08 Å². The van der Waals surface area contributed by atoms with Crippen molar-refractivity contribution in [2.45, 2.75) is 26.6 Å². The molecular weight excluding hydrogens is 272 g/mol. The van der Waals surface area contributed by atoms with Gasteiger partial charge in [0, 0.05) is 12.7 Å². The van der Waals surface area contributed by atoms with Crippen molar-refractivity contribution >= 4 is 6.08 Å². The van der Waals surface area contributed by atoms with E-state index in [9.17, 15) is 0 Å². The molecule has 1 atom stereocenters. The van der Waals surface area contributed by atoms with Gasteiger partial charge in [-0.25, -0.2) is 0 Å². The van der Waals surface area contributed by atoms with Crippen molar-refractivity contribution in [1.29, 1.82) is 0 Å². The molecule has 114 valence electrons. The van der Waals surface area contributed by atoms with Gasteiger partial charge in [-0.1, -0.05) is 35.4 Å². The molecule has 0 radical (unpaired) electrons. The second-order valence-electron chi connectivity index (χ2n) is 5.92. The van der Waals surface area contributed by atoms with E-state index < -0.39 is 0 Å². The van der Waals surface area contributed by atoms with Gasteiger partial charge in [-0.15, -0.1) is 0 Å². The Morgan fingerprint density at radius 1 is 1.09 bits per heavy atom. The Bertz CT molecular complexity index is 701. The van der Waals surface area contributed by atoms with Crippen LogP contribution in [-0.2, 0) is 6.54 Å². The van der Waals surface area contributed by atoms with Gasteiger partial charge in [0.25, 0.3) is 0 Å². The number of ether oxygens (including phenoxy) is 1. The third kappa shape index (κ3) is 2.85. The molecule has 0 aliphatic carbocycles. The molecule has 0 fully saturated rings. The lowest BCUT2D eigenvalue weighted by Gasteiger charge is -2.32. The molecule has 3 heteroatoms. The summed E-state index contributed by atoms with van der Waals surface area (Å²) in [5.41, 5.74) is 12.6. The van der Waals surface area contributed by atoms with Crippen LogP contribution in [-0.4, -0.2) is 12.0 Å². The number of nitrogens with two attached hydrogens (primary N) is 1. The first-order valence-electron chi connectivity index (χ1n) is 7.51. The van der Waals surface area contributed by atoms with Crippen molar-refractivity contribution in [2.75, 3.05) is 7.11 Å². The van der Waals surface area contributed by atoms with E-state index in [1.807, 2.05) is 12.1 Å². The minimum atomic E-state index is -0.133. The molecule has 3 rings (SSSR count). The molecule has 0 saturated carbocycles. The minimum absolute atomic E-state index is 0.133. The summed E-state index contributed by atoms with van der Waals surface area (Å²) in [6.07, 6.45) is 4.04. The van der Waals surface area contributed by atoms with Gasteiger partial charge in [0.1, 0.15) is 11.9 Å². The van der Waals surface area contributed by atoms with E-state index in [4.69, 9.17) is 10.5 Å². The van der Waals surface area contributed by atoms with E-state index in [2.05, 4.69) is 55.3 Å².